The van der Waals surface area contributed by atoms with Crippen molar-refractivity contribution < 1.29 is 27.7 Å². The average molecular weight is 425 g/mol. The number of allylic oxidation sites excluding steroid dienone is 1. The van der Waals surface area contributed by atoms with Crippen molar-refractivity contribution in [2.75, 3.05) is 26.4 Å². The molecular weight excluding hydrogens is 390 g/mol. The van der Waals surface area contributed by atoms with Crippen molar-refractivity contribution in [2.45, 2.75) is 76.8 Å². The highest BCUT2D eigenvalue weighted by Gasteiger charge is 2.69. The monoisotopic (exact) mass is 424 g/mol. The van der Waals surface area contributed by atoms with Gasteiger partial charge in [0.1, 0.15) is 0 Å². The Morgan fingerprint density at radius 1 is 0.833 bits per heavy atom. The molecule has 4 aliphatic carbocycles. The summed E-state index contributed by atoms with van der Waals surface area (Å²) in [5.74, 6) is -0.441. The predicted octanol–water partition coefficient (Wildman–Crippen LogP) is 5.28. The van der Waals surface area contributed by atoms with Crippen LogP contribution in [0.25, 0.3) is 0 Å². The molecule has 2 heterocycles. The second-order valence-electron chi connectivity index (χ2n) is 11.2. The first kappa shape index (κ1) is 20.1. The minimum atomic E-state index is -1.45. The lowest BCUT2D eigenvalue weighted by Gasteiger charge is -2.62. The van der Waals surface area contributed by atoms with E-state index in [1.165, 1.54) is 0 Å². The molecule has 0 aromatic heterocycles. The third kappa shape index (κ3) is 2.45. The van der Waals surface area contributed by atoms with Crippen molar-refractivity contribution in [1.82, 2.24) is 0 Å². The highest BCUT2D eigenvalue weighted by Crippen LogP contribution is 2.71. The van der Waals surface area contributed by atoms with Gasteiger partial charge >= 0.3 is 0 Å². The molecule has 0 amide bonds. The van der Waals surface area contributed by atoms with E-state index in [-0.39, 0.29) is 28.6 Å². The maximum Gasteiger partial charge on any atom is 0.269 e. The average Bonchev–Trinajstić information content (AvgIpc) is 3.44. The molecule has 4 nitrogen and oxygen atoms in total. The van der Waals surface area contributed by atoms with E-state index in [1.807, 2.05) is 0 Å². The fourth-order valence-electron chi connectivity index (χ4n) is 8.79. The highest BCUT2D eigenvalue weighted by atomic mass is 19.3. The summed E-state index contributed by atoms with van der Waals surface area (Å²) in [4.78, 5) is 0. The van der Waals surface area contributed by atoms with Crippen molar-refractivity contribution in [2.24, 2.45) is 34.5 Å². The molecule has 6 aliphatic rings. The minimum absolute atomic E-state index is 0.0540. The van der Waals surface area contributed by atoms with E-state index in [4.69, 9.17) is 18.9 Å². The number of hydrogen-bond donors (Lipinski definition) is 0. The van der Waals surface area contributed by atoms with Crippen LogP contribution in [0.4, 0.5) is 8.78 Å². The van der Waals surface area contributed by atoms with Gasteiger partial charge in [0.25, 0.3) is 6.08 Å². The van der Waals surface area contributed by atoms with E-state index in [1.54, 1.807) is 0 Å². The fraction of sp³-hybridized carbons (Fsp3) is 0.917. The summed E-state index contributed by atoms with van der Waals surface area (Å²) in [5, 5.41) is 0. The molecule has 2 spiro atoms. The first-order valence-electron chi connectivity index (χ1n) is 11.9. The molecule has 4 saturated carbocycles. The van der Waals surface area contributed by atoms with Crippen LogP contribution in [0.3, 0.4) is 0 Å². The molecule has 2 saturated heterocycles. The van der Waals surface area contributed by atoms with Gasteiger partial charge in [-0.3, -0.25) is 0 Å². The highest BCUT2D eigenvalue weighted by molar-refractivity contribution is 5.25. The van der Waals surface area contributed by atoms with E-state index in [0.29, 0.717) is 44.3 Å². The van der Waals surface area contributed by atoms with Gasteiger partial charge in [-0.1, -0.05) is 13.8 Å². The van der Waals surface area contributed by atoms with E-state index in [9.17, 15) is 8.78 Å². The molecule has 6 fully saturated rings. The first-order valence-corrected chi connectivity index (χ1v) is 11.9. The zero-order chi connectivity index (χ0) is 20.8. The molecule has 6 rings (SSSR count). The number of fused-ring (bicyclic) bond motifs is 6. The van der Waals surface area contributed by atoms with Crippen LogP contribution >= 0.6 is 0 Å². The van der Waals surface area contributed by atoms with Crippen molar-refractivity contribution in [3.8, 4) is 0 Å². The maximum atomic E-state index is 14.4. The van der Waals surface area contributed by atoms with Crippen LogP contribution in [0.5, 0.6) is 0 Å². The molecular formula is C24H34F2O4. The molecule has 0 bridgehead atoms. The SMILES string of the molecule is C[C@]12CCC3(CC1CC(=C(F)F)[C@@H]1[C@@H]2CC[C@@]2(C)[C@H]1CCC21OCCO1)OCCO3. The van der Waals surface area contributed by atoms with Crippen LogP contribution < -0.4 is 0 Å². The number of hydrogen-bond acceptors (Lipinski definition) is 4. The van der Waals surface area contributed by atoms with Crippen LogP contribution in [0.1, 0.15) is 65.2 Å². The van der Waals surface area contributed by atoms with Gasteiger partial charge in [-0.2, -0.15) is 8.78 Å². The van der Waals surface area contributed by atoms with Crippen molar-refractivity contribution >= 4 is 0 Å². The van der Waals surface area contributed by atoms with E-state index >= 15 is 0 Å². The molecule has 168 valence electrons. The molecule has 0 aromatic carbocycles. The zero-order valence-corrected chi connectivity index (χ0v) is 18.2. The lowest BCUT2D eigenvalue weighted by molar-refractivity contribution is -0.252. The van der Waals surface area contributed by atoms with Gasteiger partial charge in [0.15, 0.2) is 11.6 Å². The van der Waals surface area contributed by atoms with Gasteiger partial charge in [-0.05, 0) is 66.8 Å². The van der Waals surface area contributed by atoms with Gasteiger partial charge in [-0.15, -0.1) is 0 Å². The Labute approximate surface area is 177 Å². The molecule has 0 aromatic rings. The van der Waals surface area contributed by atoms with Crippen LogP contribution in [0.15, 0.2) is 11.7 Å². The van der Waals surface area contributed by atoms with E-state index in [0.717, 1.165) is 44.9 Å². The third-order valence-electron chi connectivity index (χ3n) is 10.4. The Balaban J connectivity index is 1.37. The molecule has 6 atom stereocenters. The van der Waals surface area contributed by atoms with E-state index in [2.05, 4.69) is 13.8 Å². The molecule has 0 radical (unpaired) electrons. The van der Waals surface area contributed by atoms with Crippen molar-refractivity contribution in [1.29, 1.82) is 0 Å². The van der Waals surface area contributed by atoms with Gasteiger partial charge in [0.2, 0.25) is 0 Å². The van der Waals surface area contributed by atoms with Crippen LogP contribution in [-0.4, -0.2) is 38.0 Å². The van der Waals surface area contributed by atoms with Crippen LogP contribution in [-0.2, 0) is 18.9 Å². The molecule has 2 aliphatic heterocycles. The van der Waals surface area contributed by atoms with Crippen molar-refractivity contribution in [3.63, 3.8) is 0 Å². The van der Waals surface area contributed by atoms with Crippen LogP contribution in [0.2, 0.25) is 0 Å². The Hall–Kier alpha value is -0.560. The summed E-state index contributed by atoms with van der Waals surface area (Å²) in [6, 6.07) is 0. The second-order valence-corrected chi connectivity index (χ2v) is 11.2. The largest absolute Gasteiger partial charge is 0.348 e. The van der Waals surface area contributed by atoms with Gasteiger partial charge < -0.3 is 18.9 Å². The minimum Gasteiger partial charge on any atom is -0.348 e. The predicted molar refractivity (Wildman–Crippen MR) is 106 cm³/mol. The summed E-state index contributed by atoms with van der Waals surface area (Å²) in [7, 11) is 0. The summed E-state index contributed by atoms with van der Waals surface area (Å²) < 4.78 is 53.3. The Kier molecular flexibility index (Phi) is 4.34. The number of halogens is 2. The summed E-state index contributed by atoms with van der Waals surface area (Å²) in [6.45, 7) is 7.12. The summed E-state index contributed by atoms with van der Waals surface area (Å²) in [5.41, 5.74) is 0.310. The molecule has 0 N–H and O–H groups in total. The Morgan fingerprint density at radius 3 is 2.20 bits per heavy atom. The first-order chi connectivity index (χ1) is 14.3. The normalized spacial score (nSPS) is 48.6. The smallest absolute Gasteiger partial charge is 0.269 e. The van der Waals surface area contributed by atoms with E-state index < -0.39 is 17.7 Å². The summed E-state index contributed by atoms with van der Waals surface area (Å²) >= 11 is 0. The molecule has 30 heavy (non-hydrogen) atoms. The van der Waals surface area contributed by atoms with Gasteiger partial charge in [0, 0.05) is 24.7 Å². The topological polar surface area (TPSA) is 36.9 Å². The molecule has 1 unspecified atom stereocenters. The van der Waals surface area contributed by atoms with Gasteiger partial charge in [0.05, 0.1) is 26.4 Å². The number of ether oxygens (including phenoxy) is 4. The lowest BCUT2D eigenvalue weighted by atomic mass is 9.43. The maximum absolute atomic E-state index is 14.4. The van der Waals surface area contributed by atoms with Gasteiger partial charge in [-0.25, -0.2) is 0 Å². The number of rotatable bonds is 0. The van der Waals surface area contributed by atoms with Crippen LogP contribution in [0, 0.1) is 34.5 Å². The Morgan fingerprint density at radius 2 is 1.50 bits per heavy atom. The standard InChI is InChI=1S/C24H34F2O4/c1-21-7-8-23(27-9-10-28-23)14-15(21)13-16(20(25)26)19-17(21)3-5-22(2)18(19)4-6-24(22)29-11-12-30-24/h15,17-19H,3-14H2,1-2H3/t15?,17-,18-,19+,21-,22-/m0/s1. The summed E-state index contributed by atoms with van der Waals surface area (Å²) in [6.07, 6.45) is 5.41. The second kappa shape index (κ2) is 6.49. The lowest BCUT2D eigenvalue weighted by Crippen LogP contribution is -2.59. The zero-order valence-electron chi connectivity index (χ0n) is 18.2. The third-order valence-corrected chi connectivity index (χ3v) is 10.4. The fourth-order valence-corrected chi connectivity index (χ4v) is 8.79. The molecule has 6 heteroatoms. The van der Waals surface area contributed by atoms with Crippen molar-refractivity contribution in [3.05, 3.63) is 11.7 Å². The Bertz CT molecular complexity index is 752. The quantitative estimate of drug-likeness (QED) is 0.530.